The van der Waals surface area contributed by atoms with Crippen molar-refractivity contribution in [2.75, 3.05) is 5.32 Å². The van der Waals surface area contributed by atoms with Crippen LogP contribution in [0.25, 0.3) is 0 Å². The van der Waals surface area contributed by atoms with Crippen LogP contribution in [0.1, 0.15) is 10.5 Å². The van der Waals surface area contributed by atoms with E-state index in [0.29, 0.717) is 14.6 Å². The molecule has 102 valence electrons. The maximum absolute atomic E-state index is 12.0. The van der Waals surface area contributed by atoms with Gasteiger partial charge in [0.15, 0.2) is 0 Å². The van der Waals surface area contributed by atoms with Crippen molar-refractivity contribution in [3.8, 4) is 0 Å². The number of anilines is 1. The molecule has 6 nitrogen and oxygen atoms in total. The Balaban J connectivity index is 2.27. The second-order valence-electron chi connectivity index (χ2n) is 3.71. The standard InChI is InChI=1S/C12H7Br2N3O3/c13-8-4-3-7(6-10(8)17(19)20)16-12(18)11-9(14)2-1-5-15-11/h1-6H,(H,16,18). The van der Waals surface area contributed by atoms with E-state index in [1.165, 1.54) is 18.3 Å². The quantitative estimate of drug-likeness (QED) is 0.627. The Labute approximate surface area is 130 Å². The zero-order valence-corrected chi connectivity index (χ0v) is 13.0. The van der Waals surface area contributed by atoms with E-state index in [4.69, 9.17) is 0 Å². The number of carbonyl (C=O) groups excluding carboxylic acids is 1. The smallest absolute Gasteiger partial charge is 0.285 e. The highest BCUT2D eigenvalue weighted by Gasteiger charge is 2.15. The van der Waals surface area contributed by atoms with Crippen LogP contribution in [0.4, 0.5) is 11.4 Å². The number of halogens is 2. The molecule has 0 fully saturated rings. The van der Waals surface area contributed by atoms with Gasteiger partial charge in [-0.25, -0.2) is 4.98 Å². The van der Waals surface area contributed by atoms with Gasteiger partial charge in [-0.3, -0.25) is 14.9 Å². The van der Waals surface area contributed by atoms with Crippen LogP contribution in [-0.4, -0.2) is 15.8 Å². The minimum Gasteiger partial charge on any atom is -0.320 e. The van der Waals surface area contributed by atoms with Gasteiger partial charge in [-0.15, -0.1) is 0 Å². The molecular weight excluding hydrogens is 394 g/mol. The first-order valence-corrected chi connectivity index (χ1v) is 6.93. The first-order valence-electron chi connectivity index (χ1n) is 5.35. The molecule has 1 aromatic heterocycles. The maximum atomic E-state index is 12.0. The van der Waals surface area contributed by atoms with Crippen molar-refractivity contribution in [1.29, 1.82) is 0 Å². The monoisotopic (exact) mass is 399 g/mol. The third-order valence-corrected chi connectivity index (χ3v) is 3.68. The Morgan fingerprint density at radius 2 is 2.00 bits per heavy atom. The minimum atomic E-state index is -0.531. The number of nitrogens with zero attached hydrogens (tertiary/aromatic N) is 2. The summed E-state index contributed by atoms with van der Waals surface area (Å²) in [6, 6.07) is 7.71. The van der Waals surface area contributed by atoms with E-state index < -0.39 is 10.8 Å². The highest BCUT2D eigenvalue weighted by atomic mass is 79.9. The fraction of sp³-hybridized carbons (Fsp3) is 0. The topological polar surface area (TPSA) is 85.1 Å². The molecule has 0 unspecified atom stereocenters. The summed E-state index contributed by atoms with van der Waals surface area (Å²) < 4.78 is 0.892. The molecule has 20 heavy (non-hydrogen) atoms. The average Bonchev–Trinajstić information content (AvgIpc) is 2.41. The Morgan fingerprint density at radius 3 is 2.65 bits per heavy atom. The number of benzene rings is 1. The number of nitro groups is 1. The van der Waals surface area contributed by atoms with Gasteiger partial charge < -0.3 is 5.32 Å². The lowest BCUT2D eigenvalue weighted by molar-refractivity contribution is -0.385. The minimum absolute atomic E-state index is 0.122. The number of aromatic nitrogens is 1. The van der Waals surface area contributed by atoms with Crippen molar-refractivity contribution >= 4 is 49.1 Å². The highest BCUT2D eigenvalue weighted by Crippen LogP contribution is 2.28. The van der Waals surface area contributed by atoms with E-state index in [9.17, 15) is 14.9 Å². The molecular formula is C12H7Br2N3O3. The number of pyridine rings is 1. The van der Waals surface area contributed by atoms with Crippen LogP contribution in [0, 0.1) is 10.1 Å². The molecule has 1 aromatic carbocycles. The van der Waals surface area contributed by atoms with Crippen LogP contribution < -0.4 is 5.32 Å². The lowest BCUT2D eigenvalue weighted by Gasteiger charge is -2.06. The molecule has 0 aliphatic heterocycles. The number of hydrogen-bond donors (Lipinski definition) is 1. The van der Waals surface area contributed by atoms with E-state index in [1.807, 2.05) is 0 Å². The number of carbonyl (C=O) groups is 1. The maximum Gasteiger partial charge on any atom is 0.285 e. The zero-order chi connectivity index (χ0) is 14.7. The van der Waals surface area contributed by atoms with Gasteiger partial charge in [-0.2, -0.15) is 0 Å². The Kier molecular flexibility index (Phi) is 4.46. The lowest BCUT2D eigenvalue weighted by atomic mass is 10.2. The van der Waals surface area contributed by atoms with Gasteiger partial charge in [-0.05, 0) is 56.1 Å². The molecule has 0 saturated heterocycles. The summed E-state index contributed by atoms with van der Waals surface area (Å²) in [5.41, 5.74) is 0.406. The highest BCUT2D eigenvalue weighted by molar-refractivity contribution is 9.10. The van der Waals surface area contributed by atoms with Crippen LogP contribution in [0.3, 0.4) is 0 Å². The summed E-state index contributed by atoms with van der Waals surface area (Å²) in [5.74, 6) is -0.450. The first-order chi connectivity index (χ1) is 9.49. The molecule has 1 heterocycles. The van der Waals surface area contributed by atoms with E-state index in [-0.39, 0.29) is 11.4 Å². The molecule has 1 amide bonds. The number of rotatable bonds is 3. The van der Waals surface area contributed by atoms with Crippen LogP contribution >= 0.6 is 31.9 Å². The molecule has 0 aliphatic rings. The average molecular weight is 401 g/mol. The fourth-order valence-corrected chi connectivity index (χ4v) is 2.30. The molecule has 0 spiro atoms. The Hall–Kier alpha value is -1.80. The van der Waals surface area contributed by atoms with Gasteiger partial charge in [0.05, 0.1) is 9.40 Å². The van der Waals surface area contributed by atoms with Gasteiger partial charge in [0.1, 0.15) is 5.69 Å². The molecule has 0 aliphatic carbocycles. The van der Waals surface area contributed by atoms with Gasteiger partial charge in [0.2, 0.25) is 0 Å². The third kappa shape index (κ3) is 3.20. The summed E-state index contributed by atoms with van der Waals surface area (Å²) in [4.78, 5) is 26.3. The van der Waals surface area contributed by atoms with Crippen molar-refractivity contribution in [3.05, 3.63) is 61.3 Å². The summed E-state index contributed by atoms with van der Waals surface area (Å²) in [7, 11) is 0. The molecule has 1 N–H and O–H groups in total. The van der Waals surface area contributed by atoms with Gasteiger partial charge in [0.25, 0.3) is 11.6 Å². The number of nitro benzene ring substituents is 1. The number of nitrogens with one attached hydrogen (secondary N) is 1. The summed E-state index contributed by atoms with van der Waals surface area (Å²) in [6.45, 7) is 0. The zero-order valence-electron chi connectivity index (χ0n) is 9.84. The molecule has 0 bridgehead atoms. The molecule has 2 rings (SSSR count). The molecule has 8 heteroatoms. The first kappa shape index (κ1) is 14.6. The second-order valence-corrected chi connectivity index (χ2v) is 5.42. The summed E-state index contributed by atoms with van der Waals surface area (Å²) in [6.07, 6.45) is 1.49. The lowest BCUT2D eigenvalue weighted by Crippen LogP contribution is -2.14. The van der Waals surface area contributed by atoms with Gasteiger partial charge in [-0.1, -0.05) is 0 Å². The third-order valence-electron chi connectivity index (χ3n) is 2.37. The SMILES string of the molecule is O=C(Nc1ccc(Br)c([N+](=O)[O-])c1)c1ncccc1Br. The van der Waals surface area contributed by atoms with Gasteiger partial charge >= 0.3 is 0 Å². The van der Waals surface area contributed by atoms with Crippen molar-refractivity contribution in [3.63, 3.8) is 0 Å². The second kappa shape index (κ2) is 6.10. The van der Waals surface area contributed by atoms with Crippen LogP contribution in [0.5, 0.6) is 0 Å². The van der Waals surface area contributed by atoms with Crippen molar-refractivity contribution in [1.82, 2.24) is 4.98 Å². The van der Waals surface area contributed by atoms with Crippen LogP contribution in [0.2, 0.25) is 0 Å². The Morgan fingerprint density at radius 1 is 1.25 bits per heavy atom. The van der Waals surface area contributed by atoms with E-state index in [0.717, 1.165) is 0 Å². The number of hydrogen-bond acceptors (Lipinski definition) is 4. The molecule has 2 aromatic rings. The van der Waals surface area contributed by atoms with E-state index in [1.54, 1.807) is 18.2 Å². The molecule has 0 radical (unpaired) electrons. The predicted molar refractivity (Wildman–Crippen MR) is 80.7 cm³/mol. The summed E-state index contributed by atoms with van der Waals surface area (Å²) >= 11 is 6.30. The van der Waals surface area contributed by atoms with Gasteiger partial charge in [0, 0.05) is 22.4 Å². The summed E-state index contributed by atoms with van der Waals surface area (Å²) in [5, 5.41) is 13.4. The van der Waals surface area contributed by atoms with Crippen LogP contribution in [-0.2, 0) is 0 Å². The van der Waals surface area contributed by atoms with E-state index >= 15 is 0 Å². The largest absolute Gasteiger partial charge is 0.320 e. The van der Waals surface area contributed by atoms with Crippen molar-refractivity contribution in [2.45, 2.75) is 0 Å². The Bertz CT molecular complexity index is 691. The van der Waals surface area contributed by atoms with E-state index in [2.05, 4.69) is 42.2 Å². The number of amides is 1. The van der Waals surface area contributed by atoms with Crippen LogP contribution in [0.15, 0.2) is 45.5 Å². The van der Waals surface area contributed by atoms with Crippen molar-refractivity contribution < 1.29 is 9.72 Å². The molecule has 0 atom stereocenters. The fourth-order valence-electron chi connectivity index (χ4n) is 1.47. The normalized spacial score (nSPS) is 10.1. The molecule has 0 saturated carbocycles. The van der Waals surface area contributed by atoms with Crippen molar-refractivity contribution in [2.24, 2.45) is 0 Å². The predicted octanol–water partition coefficient (Wildman–Crippen LogP) is 3.77.